The molecule has 0 heterocycles. The molecule has 0 saturated heterocycles. The number of nitrogens with zero attached hydrogens (tertiary/aromatic N) is 2. The van der Waals surface area contributed by atoms with E-state index in [1.165, 1.54) is 180 Å². The highest BCUT2D eigenvalue weighted by molar-refractivity contribution is 5.69. The molecule has 7 nitrogen and oxygen atoms in total. The van der Waals surface area contributed by atoms with Crippen LogP contribution in [0.2, 0.25) is 0 Å². The fourth-order valence-corrected chi connectivity index (χ4v) is 9.94. The molecule has 1 aliphatic carbocycles. The number of hydrogen-bond donors (Lipinski definition) is 1. The van der Waals surface area contributed by atoms with Crippen LogP contribution < -0.4 is 0 Å². The van der Waals surface area contributed by atoms with Gasteiger partial charge in [0, 0.05) is 32.0 Å². The molecule has 1 aliphatic rings. The second-order valence-electron chi connectivity index (χ2n) is 20.7. The van der Waals surface area contributed by atoms with Crippen molar-refractivity contribution in [2.24, 2.45) is 11.8 Å². The van der Waals surface area contributed by atoms with E-state index in [9.17, 15) is 14.7 Å². The Morgan fingerprint density at radius 1 is 0.438 bits per heavy atom. The molecular formula is C57H112N2O5. The Morgan fingerprint density at radius 2 is 0.781 bits per heavy atom. The fourth-order valence-electron chi connectivity index (χ4n) is 9.94. The Bertz CT molecular complexity index is 970. The molecule has 1 fully saturated rings. The first-order valence-electron chi connectivity index (χ1n) is 28.7. The third-order valence-corrected chi connectivity index (χ3v) is 14.5. The summed E-state index contributed by atoms with van der Waals surface area (Å²) in [5, 5.41) is 10.2. The largest absolute Gasteiger partial charge is 0.465 e. The highest BCUT2D eigenvalue weighted by Crippen LogP contribution is 2.25. The molecule has 1 N–H and O–H groups in total. The van der Waals surface area contributed by atoms with Gasteiger partial charge in [-0.1, -0.05) is 195 Å². The van der Waals surface area contributed by atoms with Crippen LogP contribution in [-0.2, 0) is 19.1 Å². The molecule has 0 spiro atoms. The Labute approximate surface area is 399 Å². The van der Waals surface area contributed by atoms with Crippen LogP contribution in [0.25, 0.3) is 0 Å². The van der Waals surface area contributed by atoms with E-state index < -0.39 is 0 Å². The average molecular weight is 906 g/mol. The lowest BCUT2D eigenvalue weighted by Crippen LogP contribution is -2.43. The molecule has 7 heteroatoms. The van der Waals surface area contributed by atoms with Gasteiger partial charge in [-0.2, -0.15) is 0 Å². The molecule has 0 bridgehead atoms. The van der Waals surface area contributed by atoms with Crippen molar-refractivity contribution in [3.63, 3.8) is 0 Å². The van der Waals surface area contributed by atoms with Gasteiger partial charge in [0.15, 0.2) is 0 Å². The molecule has 380 valence electrons. The minimum absolute atomic E-state index is 0.000579. The van der Waals surface area contributed by atoms with Gasteiger partial charge in [0.05, 0.1) is 19.3 Å². The topological polar surface area (TPSA) is 79.3 Å². The van der Waals surface area contributed by atoms with Crippen LogP contribution >= 0.6 is 0 Å². The maximum Gasteiger partial charge on any atom is 0.305 e. The van der Waals surface area contributed by atoms with E-state index in [-0.39, 0.29) is 18.0 Å². The van der Waals surface area contributed by atoms with Crippen LogP contribution in [0.3, 0.4) is 0 Å². The first-order chi connectivity index (χ1) is 31.3. The highest BCUT2D eigenvalue weighted by atomic mass is 16.5. The summed E-state index contributed by atoms with van der Waals surface area (Å²) in [5.74, 6) is 1.05. The van der Waals surface area contributed by atoms with Gasteiger partial charge in [0.1, 0.15) is 0 Å². The van der Waals surface area contributed by atoms with Crippen molar-refractivity contribution in [1.82, 2.24) is 9.80 Å². The number of carbonyl (C=O) groups excluding carboxylic acids is 2. The standard InChI is InChI=1S/C57H112N2O5/c1-6-10-14-18-22-28-36-52(37-29-23-19-15-11-7-2)50-63-56(61)40-32-26-34-46-58(5)48-49-59(54-42-44-55(60)45-43-54)47-35-27-33-41-57(62)64-51-53(38-30-24-20-16-12-8-3)39-31-25-21-17-13-9-4/h52-55,60H,6-51H2,1-5H3. The zero-order valence-corrected chi connectivity index (χ0v) is 43.8. The number of unbranched alkanes of at least 4 members (excludes halogenated alkanes) is 24. The number of ether oxygens (including phenoxy) is 2. The minimum Gasteiger partial charge on any atom is -0.465 e. The van der Waals surface area contributed by atoms with Crippen LogP contribution in [0, 0.1) is 11.8 Å². The molecular weight excluding hydrogens is 793 g/mol. The van der Waals surface area contributed by atoms with E-state index in [1.54, 1.807) is 0 Å². The van der Waals surface area contributed by atoms with Crippen molar-refractivity contribution >= 4 is 11.9 Å². The summed E-state index contributed by atoms with van der Waals surface area (Å²) in [6, 6.07) is 0.541. The van der Waals surface area contributed by atoms with E-state index in [1.807, 2.05) is 0 Å². The Morgan fingerprint density at radius 3 is 1.17 bits per heavy atom. The lowest BCUT2D eigenvalue weighted by molar-refractivity contribution is -0.146. The van der Waals surface area contributed by atoms with E-state index >= 15 is 0 Å². The van der Waals surface area contributed by atoms with Gasteiger partial charge in [-0.25, -0.2) is 0 Å². The summed E-state index contributed by atoms with van der Waals surface area (Å²) >= 11 is 0. The van der Waals surface area contributed by atoms with Gasteiger partial charge in [-0.05, 0) is 109 Å². The number of rotatable bonds is 48. The minimum atomic E-state index is -0.142. The number of aliphatic hydroxyl groups is 1. The van der Waals surface area contributed by atoms with Crippen LogP contribution in [0.4, 0.5) is 0 Å². The van der Waals surface area contributed by atoms with Crippen molar-refractivity contribution in [3.8, 4) is 0 Å². The number of carbonyl (C=O) groups is 2. The molecule has 0 amide bonds. The summed E-state index contributed by atoms with van der Waals surface area (Å²) in [6.07, 6.45) is 47.5. The second-order valence-corrected chi connectivity index (χ2v) is 20.7. The van der Waals surface area contributed by atoms with Crippen molar-refractivity contribution in [2.75, 3.05) is 46.4 Å². The van der Waals surface area contributed by atoms with Crippen molar-refractivity contribution in [3.05, 3.63) is 0 Å². The SMILES string of the molecule is CCCCCCCCC(CCCCCCCC)COC(=O)CCCCCN(C)CCN(CCCCCC(=O)OCC(CCCCCCCC)CCCCCCCC)C1CCC(O)CC1. The summed E-state index contributed by atoms with van der Waals surface area (Å²) in [6.45, 7) is 14.5. The number of likely N-dealkylation sites (N-methyl/N-ethyl adjacent to an activating group) is 1. The predicted octanol–water partition coefficient (Wildman–Crippen LogP) is 16.0. The Balaban J connectivity index is 2.40. The van der Waals surface area contributed by atoms with Gasteiger partial charge in [0.25, 0.3) is 0 Å². The highest BCUT2D eigenvalue weighted by Gasteiger charge is 2.25. The summed E-state index contributed by atoms with van der Waals surface area (Å²) in [7, 11) is 2.24. The molecule has 0 radical (unpaired) electrons. The Hall–Kier alpha value is -1.18. The molecule has 0 atom stereocenters. The maximum absolute atomic E-state index is 12.9. The molecule has 0 aromatic heterocycles. The van der Waals surface area contributed by atoms with Crippen LogP contribution in [0.15, 0.2) is 0 Å². The van der Waals surface area contributed by atoms with E-state index in [0.29, 0.717) is 43.9 Å². The normalized spacial score (nSPS) is 15.6. The second kappa shape index (κ2) is 45.6. The lowest BCUT2D eigenvalue weighted by Gasteiger charge is -2.36. The first-order valence-corrected chi connectivity index (χ1v) is 28.7. The summed E-state index contributed by atoms with van der Waals surface area (Å²) in [5.41, 5.74) is 0. The lowest BCUT2D eigenvalue weighted by atomic mass is 9.91. The average Bonchev–Trinajstić information content (AvgIpc) is 3.29. The van der Waals surface area contributed by atoms with Gasteiger partial charge in [-0.3, -0.25) is 14.5 Å². The van der Waals surface area contributed by atoms with Crippen LogP contribution in [0.1, 0.15) is 285 Å². The molecule has 0 aromatic carbocycles. The van der Waals surface area contributed by atoms with Gasteiger partial charge in [-0.15, -0.1) is 0 Å². The van der Waals surface area contributed by atoms with Crippen molar-refractivity contribution < 1.29 is 24.2 Å². The van der Waals surface area contributed by atoms with Crippen LogP contribution in [-0.4, -0.2) is 85.4 Å². The molecule has 1 saturated carbocycles. The zero-order valence-electron chi connectivity index (χ0n) is 43.8. The number of hydrogen-bond acceptors (Lipinski definition) is 7. The van der Waals surface area contributed by atoms with E-state index in [4.69, 9.17) is 9.47 Å². The fraction of sp³-hybridized carbons (Fsp3) is 0.965. The van der Waals surface area contributed by atoms with Crippen molar-refractivity contribution in [1.29, 1.82) is 0 Å². The van der Waals surface area contributed by atoms with E-state index in [0.717, 1.165) is 90.4 Å². The monoisotopic (exact) mass is 905 g/mol. The molecule has 1 rings (SSSR count). The summed E-state index contributed by atoms with van der Waals surface area (Å²) in [4.78, 5) is 30.7. The predicted molar refractivity (Wildman–Crippen MR) is 275 cm³/mol. The van der Waals surface area contributed by atoms with Gasteiger partial charge >= 0.3 is 11.9 Å². The molecule has 0 aromatic rings. The summed E-state index contributed by atoms with van der Waals surface area (Å²) < 4.78 is 11.8. The third-order valence-electron chi connectivity index (χ3n) is 14.5. The first kappa shape index (κ1) is 60.8. The quantitative estimate of drug-likeness (QED) is 0.0481. The molecule has 0 unspecified atom stereocenters. The Kier molecular flexibility index (Phi) is 43.3. The van der Waals surface area contributed by atoms with E-state index in [2.05, 4.69) is 44.5 Å². The maximum atomic E-state index is 12.9. The van der Waals surface area contributed by atoms with Crippen LogP contribution in [0.5, 0.6) is 0 Å². The van der Waals surface area contributed by atoms with Gasteiger partial charge < -0.3 is 19.5 Å². The number of esters is 2. The molecule has 0 aliphatic heterocycles. The third kappa shape index (κ3) is 37.9. The zero-order chi connectivity index (χ0) is 46.6. The van der Waals surface area contributed by atoms with Gasteiger partial charge in [0.2, 0.25) is 0 Å². The smallest absolute Gasteiger partial charge is 0.305 e. The van der Waals surface area contributed by atoms with Crippen molar-refractivity contribution in [2.45, 2.75) is 297 Å². The molecule has 64 heavy (non-hydrogen) atoms. The number of aliphatic hydroxyl groups excluding tert-OH is 1.